The van der Waals surface area contributed by atoms with Gasteiger partial charge in [-0.3, -0.25) is 4.79 Å². The zero-order valence-corrected chi connectivity index (χ0v) is 8.36. The highest BCUT2D eigenvalue weighted by molar-refractivity contribution is 5.67. The van der Waals surface area contributed by atoms with E-state index >= 15 is 0 Å². The molecule has 1 aromatic carbocycles. The maximum Gasteiger partial charge on any atom is 0.304 e. The van der Waals surface area contributed by atoms with Crippen LogP contribution in [0, 0.1) is 11.6 Å². The second kappa shape index (κ2) is 5.00. The molecule has 0 saturated carbocycles. The summed E-state index contributed by atoms with van der Waals surface area (Å²) < 4.78 is 26.1. The largest absolute Gasteiger partial charge is 0.481 e. The van der Waals surface area contributed by atoms with Crippen LogP contribution in [0.3, 0.4) is 0 Å². The van der Waals surface area contributed by atoms with E-state index in [1.165, 1.54) is 0 Å². The Kier molecular flexibility index (Phi) is 3.92. The minimum atomic E-state index is -1.14. The first kappa shape index (κ1) is 12.5. The van der Waals surface area contributed by atoms with Crippen LogP contribution in [0.4, 0.5) is 8.78 Å². The SMILES string of the molecule is NC(CC(=O)O)C(N)c1cc(F)ccc1F. The van der Waals surface area contributed by atoms with Crippen LogP contribution in [0.5, 0.6) is 0 Å². The molecule has 0 fully saturated rings. The molecule has 0 radical (unpaired) electrons. The molecule has 0 aliphatic carbocycles. The van der Waals surface area contributed by atoms with Gasteiger partial charge in [0.2, 0.25) is 0 Å². The van der Waals surface area contributed by atoms with E-state index in [0.717, 1.165) is 18.2 Å². The zero-order valence-electron chi connectivity index (χ0n) is 8.36. The smallest absolute Gasteiger partial charge is 0.304 e. The van der Waals surface area contributed by atoms with E-state index in [0.29, 0.717) is 0 Å². The predicted molar refractivity (Wildman–Crippen MR) is 53.5 cm³/mol. The molecule has 1 aromatic rings. The van der Waals surface area contributed by atoms with Crippen molar-refractivity contribution < 1.29 is 18.7 Å². The van der Waals surface area contributed by atoms with E-state index in [4.69, 9.17) is 16.6 Å². The monoisotopic (exact) mass is 230 g/mol. The Hall–Kier alpha value is -1.53. The molecule has 2 atom stereocenters. The summed E-state index contributed by atoms with van der Waals surface area (Å²) in [7, 11) is 0. The van der Waals surface area contributed by atoms with Gasteiger partial charge in [0.15, 0.2) is 0 Å². The minimum absolute atomic E-state index is 0.117. The number of hydrogen-bond donors (Lipinski definition) is 3. The summed E-state index contributed by atoms with van der Waals surface area (Å²) in [5.41, 5.74) is 10.9. The highest BCUT2D eigenvalue weighted by Crippen LogP contribution is 2.19. The molecule has 2 unspecified atom stereocenters. The number of carbonyl (C=O) groups is 1. The highest BCUT2D eigenvalue weighted by Gasteiger charge is 2.21. The van der Waals surface area contributed by atoms with Crippen molar-refractivity contribution in [2.24, 2.45) is 11.5 Å². The van der Waals surface area contributed by atoms with Gasteiger partial charge in [0.25, 0.3) is 0 Å². The van der Waals surface area contributed by atoms with E-state index in [9.17, 15) is 13.6 Å². The van der Waals surface area contributed by atoms with Crippen molar-refractivity contribution in [3.8, 4) is 0 Å². The molecular formula is C10H12F2N2O2. The van der Waals surface area contributed by atoms with Gasteiger partial charge in [-0.15, -0.1) is 0 Å². The molecule has 16 heavy (non-hydrogen) atoms. The van der Waals surface area contributed by atoms with E-state index in [1.54, 1.807) is 0 Å². The van der Waals surface area contributed by atoms with Gasteiger partial charge < -0.3 is 16.6 Å². The van der Waals surface area contributed by atoms with Crippen molar-refractivity contribution in [2.45, 2.75) is 18.5 Å². The molecule has 0 bridgehead atoms. The quantitative estimate of drug-likeness (QED) is 0.712. The van der Waals surface area contributed by atoms with Crippen LogP contribution in [0.25, 0.3) is 0 Å². The Morgan fingerprint density at radius 3 is 2.56 bits per heavy atom. The summed E-state index contributed by atoms with van der Waals surface area (Å²) in [5, 5.41) is 8.50. The maximum absolute atomic E-state index is 13.3. The molecule has 0 aliphatic rings. The summed E-state index contributed by atoms with van der Waals surface area (Å²) in [6.45, 7) is 0. The van der Waals surface area contributed by atoms with Crippen molar-refractivity contribution in [2.75, 3.05) is 0 Å². The summed E-state index contributed by atoms with van der Waals surface area (Å²) in [6, 6.07) is 0.786. The third-order valence-electron chi connectivity index (χ3n) is 2.19. The Labute approximate surface area is 90.9 Å². The fourth-order valence-corrected chi connectivity index (χ4v) is 1.33. The topological polar surface area (TPSA) is 89.3 Å². The number of carboxylic acid groups (broad SMARTS) is 1. The third-order valence-corrected chi connectivity index (χ3v) is 2.19. The lowest BCUT2D eigenvalue weighted by Gasteiger charge is -2.19. The maximum atomic E-state index is 13.3. The van der Waals surface area contributed by atoms with Gasteiger partial charge in [0, 0.05) is 17.6 Å². The fraction of sp³-hybridized carbons (Fsp3) is 0.300. The van der Waals surface area contributed by atoms with Crippen LogP contribution < -0.4 is 11.5 Å². The molecule has 5 N–H and O–H groups in total. The van der Waals surface area contributed by atoms with Crippen molar-refractivity contribution in [3.63, 3.8) is 0 Å². The number of rotatable bonds is 4. The van der Waals surface area contributed by atoms with Crippen LogP contribution in [-0.4, -0.2) is 17.1 Å². The lowest BCUT2D eigenvalue weighted by atomic mass is 9.98. The average Bonchev–Trinajstić information content (AvgIpc) is 2.19. The standard InChI is InChI=1S/C10H12F2N2O2/c11-5-1-2-7(12)6(3-5)10(14)8(13)4-9(15)16/h1-3,8,10H,4,13-14H2,(H,15,16). The van der Waals surface area contributed by atoms with Crippen molar-refractivity contribution >= 4 is 5.97 Å². The normalized spacial score (nSPS) is 14.5. The Bertz CT molecular complexity index is 398. The predicted octanol–water partition coefficient (Wildman–Crippen LogP) is 0.767. The molecule has 0 spiro atoms. The van der Waals surface area contributed by atoms with Crippen molar-refractivity contribution in [1.82, 2.24) is 0 Å². The average molecular weight is 230 g/mol. The highest BCUT2D eigenvalue weighted by atomic mass is 19.1. The molecule has 0 heterocycles. The molecule has 0 aromatic heterocycles. The first-order chi connectivity index (χ1) is 7.41. The van der Waals surface area contributed by atoms with Crippen LogP contribution in [0.15, 0.2) is 18.2 Å². The number of hydrogen-bond acceptors (Lipinski definition) is 3. The van der Waals surface area contributed by atoms with Gasteiger partial charge in [0.1, 0.15) is 11.6 Å². The van der Waals surface area contributed by atoms with Crippen molar-refractivity contribution in [1.29, 1.82) is 0 Å². The summed E-state index contributed by atoms with van der Waals surface area (Å²) in [6.07, 6.45) is -0.406. The first-order valence-corrected chi connectivity index (χ1v) is 4.59. The Morgan fingerprint density at radius 2 is 2.00 bits per heavy atom. The minimum Gasteiger partial charge on any atom is -0.481 e. The molecule has 0 amide bonds. The molecule has 6 heteroatoms. The second-order valence-electron chi connectivity index (χ2n) is 3.45. The Morgan fingerprint density at radius 1 is 1.38 bits per heavy atom. The number of nitrogens with two attached hydrogens (primary N) is 2. The van der Waals surface area contributed by atoms with E-state index in [1.807, 2.05) is 0 Å². The van der Waals surface area contributed by atoms with Gasteiger partial charge in [0.05, 0.1) is 6.42 Å². The molecule has 1 rings (SSSR count). The van der Waals surface area contributed by atoms with Crippen LogP contribution in [0.1, 0.15) is 18.0 Å². The molecule has 4 nitrogen and oxygen atoms in total. The van der Waals surface area contributed by atoms with E-state index in [-0.39, 0.29) is 5.56 Å². The third kappa shape index (κ3) is 2.98. The first-order valence-electron chi connectivity index (χ1n) is 4.59. The lowest BCUT2D eigenvalue weighted by Crippen LogP contribution is -2.36. The lowest BCUT2D eigenvalue weighted by molar-refractivity contribution is -0.137. The van der Waals surface area contributed by atoms with Gasteiger partial charge in [-0.05, 0) is 18.2 Å². The van der Waals surface area contributed by atoms with Crippen LogP contribution >= 0.6 is 0 Å². The number of benzene rings is 1. The van der Waals surface area contributed by atoms with Gasteiger partial charge in [-0.2, -0.15) is 0 Å². The van der Waals surface area contributed by atoms with Gasteiger partial charge in [-0.1, -0.05) is 0 Å². The molecule has 88 valence electrons. The van der Waals surface area contributed by atoms with E-state index < -0.39 is 36.1 Å². The molecular weight excluding hydrogens is 218 g/mol. The van der Waals surface area contributed by atoms with Gasteiger partial charge in [-0.25, -0.2) is 8.78 Å². The van der Waals surface area contributed by atoms with Crippen LogP contribution in [-0.2, 0) is 4.79 Å². The number of halogens is 2. The Balaban J connectivity index is 2.90. The number of carboxylic acids is 1. The van der Waals surface area contributed by atoms with Gasteiger partial charge >= 0.3 is 5.97 Å². The molecule has 0 aliphatic heterocycles. The van der Waals surface area contributed by atoms with Crippen molar-refractivity contribution in [3.05, 3.63) is 35.4 Å². The summed E-state index contributed by atoms with van der Waals surface area (Å²) >= 11 is 0. The fourth-order valence-electron chi connectivity index (χ4n) is 1.33. The van der Waals surface area contributed by atoms with Crippen LogP contribution in [0.2, 0.25) is 0 Å². The second-order valence-corrected chi connectivity index (χ2v) is 3.45. The number of aliphatic carboxylic acids is 1. The summed E-state index contributed by atoms with van der Waals surface area (Å²) in [4.78, 5) is 10.4. The summed E-state index contributed by atoms with van der Waals surface area (Å²) in [5.74, 6) is -2.48. The molecule has 0 saturated heterocycles. The zero-order chi connectivity index (χ0) is 12.3. The van der Waals surface area contributed by atoms with E-state index in [2.05, 4.69) is 0 Å².